The molecular formula is C12H26N2O2. The van der Waals surface area contributed by atoms with Gasteiger partial charge in [-0.1, -0.05) is 6.92 Å². The van der Waals surface area contributed by atoms with E-state index in [0.717, 1.165) is 12.8 Å². The topological polar surface area (TPSA) is 67.5 Å². The third kappa shape index (κ3) is 3.42. The van der Waals surface area contributed by atoms with Gasteiger partial charge in [0.25, 0.3) is 0 Å². The summed E-state index contributed by atoms with van der Waals surface area (Å²) in [6, 6.07) is 0.337. The first kappa shape index (κ1) is 13.9. The number of ether oxygens (including phenoxy) is 1. The van der Waals surface area contributed by atoms with Gasteiger partial charge in [-0.15, -0.1) is 0 Å². The Hall–Kier alpha value is -0.160. The van der Waals surface area contributed by atoms with Crippen LogP contribution in [0.1, 0.15) is 32.6 Å². The SMILES string of the molecule is CCC(CCO)NC(CN)(COC)C1CC1. The lowest BCUT2D eigenvalue weighted by molar-refractivity contribution is 0.0852. The van der Waals surface area contributed by atoms with E-state index in [9.17, 15) is 0 Å². The van der Waals surface area contributed by atoms with Crippen LogP contribution < -0.4 is 11.1 Å². The van der Waals surface area contributed by atoms with Crippen molar-refractivity contribution in [3.63, 3.8) is 0 Å². The lowest BCUT2D eigenvalue weighted by Crippen LogP contribution is -2.59. The number of rotatable bonds is 9. The highest BCUT2D eigenvalue weighted by molar-refractivity contribution is 5.03. The molecule has 96 valence electrons. The second-order valence-corrected chi connectivity index (χ2v) is 4.83. The van der Waals surface area contributed by atoms with Gasteiger partial charge in [0.05, 0.1) is 12.1 Å². The van der Waals surface area contributed by atoms with Crippen LogP contribution in [-0.2, 0) is 4.74 Å². The van der Waals surface area contributed by atoms with Crippen molar-refractivity contribution in [1.82, 2.24) is 5.32 Å². The fourth-order valence-corrected chi connectivity index (χ4v) is 2.40. The van der Waals surface area contributed by atoms with Gasteiger partial charge in [-0.25, -0.2) is 0 Å². The van der Waals surface area contributed by atoms with Gasteiger partial charge in [-0.3, -0.25) is 0 Å². The second kappa shape index (κ2) is 6.55. The summed E-state index contributed by atoms with van der Waals surface area (Å²) in [6.07, 6.45) is 4.28. The van der Waals surface area contributed by atoms with E-state index in [1.54, 1.807) is 7.11 Å². The van der Waals surface area contributed by atoms with E-state index >= 15 is 0 Å². The van der Waals surface area contributed by atoms with Crippen LogP contribution in [0, 0.1) is 5.92 Å². The Bertz CT molecular complexity index is 197. The zero-order valence-electron chi connectivity index (χ0n) is 10.5. The molecule has 0 aliphatic heterocycles. The number of methoxy groups -OCH3 is 1. The van der Waals surface area contributed by atoms with Gasteiger partial charge in [-0.05, 0) is 31.6 Å². The van der Waals surface area contributed by atoms with Crippen molar-refractivity contribution >= 4 is 0 Å². The van der Waals surface area contributed by atoms with Crippen molar-refractivity contribution in [2.24, 2.45) is 11.7 Å². The number of hydrogen-bond acceptors (Lipinski definition) is 4. The van der Waals surface area contributed by atoms with Crippen LogP contribution in [0.25, 0.3) is 0 Å². The summed E-state index contributed by atoms with van der Waals surface area (Å²) in [5.41, 5.74) is 5.85. The lowest BCUT2D eigenvalue weighted by Gasteiger charge is -2.37. The number of aliphatic hydroxyl groups excluding tert-OH is 1. The van der Waals surface area contributed by atoms with Crippen LogP contribution in [0.4, 0.5) is 0 Å². The molecule has 0 amide bonds. The fourth-order valence-electron chi connectivity index (χ4n) is 2.40. The maximum atomic E-state index is 9.02. The highest BCUT2D eigenvalue weighted by Crippen LogP contribution is 2.40. The minimum absolute atomic E-state index is 0.0788. The Labute approximate surface area is 98.5 Å². The van der Waals surface area contributed by atoms with Gasteiger partial charge in [-0.2, -0.15) is 0 Å². The van der Waals surface area contributed by atoms with Crippen LogP contribution in [0.3, 0.4) is 0 Å². The molecule has 2 atom stereocenters. The Balaban J connectivity index is 2.59. The summed E-state index contributed by atoms with van der Waals surface area (Å²) in [5, 5.41) is 12.6. The molecule has 1 aliphatic rings. The van der Waals surface area contributed by atoms with Crippen LogP contribution in [0.15, 0.2) is 0 Å². The Kier molecular flexibility index (Phi) is 5.69. The minimum Gasteiger partial charge on any atom is -0.396 e. The first-order chi connectivity index (χ1) is 7.72. The molecule has 16 heavy (non-hydrogen) atoms. The molecule has 0 aromatic heterocycles. The average molecular weight is 230 g/mol. The molecule has 2 unspecified atom stereocenters. The van der Waals surface area contributed by atoms with E-state index < -0.39 is 0 Å². The normalized spacial score (nSPS) is 21.8. The highest BCUT2D eigenvalue weighted by atomic mass is 16.5. The summed E-state index contributed by atoms with van der Waals surface area (Å²) >= 11 is 0. The molecule has 4 N–H and O–H groups in total. The second-order valence-electron chi connectivity index (χ2n) is 4.83. The van der Waals surface area contributed by atoms with Crippen LogP contribution in [0.5, 0.6) is 0 Å². The first-order valence-electron chi connectivity index (χ1n) is 6.30. The van der Waals surface area contributed by atoms with Crippen molar-refractivity contribution in [2.75, 3.05) is 26.9 Å². The van der Waals surface area contributed by atoms with E-state index in [2.05, 4.69) is 12.2 Å². The van der Waals surface area contributed by atoms with E-state index in [1.807, 2.05) is 0 Å². The maximum Gasteiger partial charge on any atom is 0.0659 e. The molecule has 1 rings (SSSR count). The van der Waals surface area contributed by atoms with Gasteiger partial charge < -0.3 is 20.9 Å². The Morgan fingerprint density at radius 3 is 2.62 bits per heavy atom. The zero-order chi connectivity index (χ0) is 12.0. The van der Waals surface area contributed by atoms with E-state index in [4.69, 9.17) is 15.6 Å². The molecule has 0 aromatic carbocycles. The smallest absolute Gasteiger partial charge is 0.0659 e. The molecule has 0 spiro atoms. The summed E-state index contributed by atoms with van der Waals surface area (Å²) in [5.74, 6) is 0.644. The van der Waals surface area contributed by atoms with Crippen molar-refractivity contribution in [3.05, 3.63) is 0 Å². The largest absolute Gasteiger partial charge is 0.396 e. The van der Waals surface area contributed by atoms with Crippen molar-refractivity contribution in [2.45, 2.75) is 44.2 Å². The van der Waals surface area contributed by atoms with E-state index in [1.165, 1.54) is 12.8 Å². The van der Waals surface area contributed by atoms with Crippen LogP contribution in [0.2, 0.25) is 0 Å². The molecule has 0 radical (unpaired) electrons. The molecule has 1 fully saturated rings. The van der Waals surface area contributed by atoms with Gasteiger partial charge in [0.1, 0.15) is 0 Å². The van der Waals surface area contributed by atoms with Gasteiger partial charge in [0.2, 0.25) is 0 Å². The van der Waals surface area contributed by atoms with Crippen molar-refractivity contribution < 1.29 is 9.84 Å². The Morgan fingerprint density at radius 1 is 1.56 bits per heavy atom. The monoisotopic (exact) mass is 230 g/mol. The molecule has 0 aromatic rings. The number of aliphatic hydroxyl groups is 1. The molecule has 4 nitrogen and oxygen atoms in total. The molecule has 0 saturated heterocycles. The van der Waals surface area contributed by atoms with Crippen LogP contribution in [-0.4, -0.2) is 43.6 Å². The predicted octanol–water partition coefficient (Wildman–Crippen LogP) is 0.491. The molecule has 0 heterocycles. The molecular weight excluding hydrogens is 204 g/mol. The first-order valence-corrected chi connectivity index (χ1v) is 6.30. The average Bonchev–Trinajstić information content (AvgIpc) is 3.11. The third-order valence-electron chi connectivity index (χ3n) is 3.59. The van der Waals surface area contributed by atoms with Gasteiger partial charge in [0, 0.05) is 26.3 Å². The molecule has 1 saturated carbocycles. The quantitative estimate of drug-likeness (QED) is 0.539. The van der Waals surface area contributed by atoms with Crippen molar-refractivity contribution in [1.29, 1.82) is 0 Å². The summed E-state index contributed by atoms with van der Waals surface area (Å²) in [7, 11) is 1.72. The van der Waals surface area contributed by atoms with E-state index in [0.29, 0.717) is 25.1 Å². The standard InChI is InChI=1S/C12H26N2O2/c1-3-11(6-7-15)14-12(8-13,9-16-2)10-4-5-10/h10-11,14-15H,3-9,13H2,1-2H3. The summed E-state index contributed by atoms with van der Waals surface area (Å²) < 4.78 is 5.32. The zero-order valence-corrected chi connectivity index (χ0v) is 10.5. The van der Waals surface area contributed by atoms with Gasteiger partial charge >= 0.3 is 0 Å². The summed E-state index contributed by atoms with van der Waals surface area (Å²) in [4.78, 5) is 0. The number of hydrogen-bond donors (Lipinski definition) is 3. The minimum atomic E-state index is -0.0788. The molecule has 4 heteroatoms. The molecule has 1 aliphatic carbocycles. The molecule has 0 bridgehead atoms. The fraction of sp³-hybridized carbons (Fsp3) is 1.00. The van der Waals surface area contributed by atoms with Crippen LogP contribution >= 0.6 is 0 Å². The Morgan fingerprint density at radius 2 is 2.25 bits per heavy atom. The number of nitrogens with two attached hydrogens (primary N) is 1. The maximum absolute atomic E-state index is 9.02. The van der Waals surface area contributed by atoms with Crippen molar-refractivity contribution in [3.8, 4) is 0 Å². The predicted molar refractivity (Wildman–Crippen MR) is 65.3 cm³/mol. The summed E-state index contributed by atoms with van der Waals surface area (Å²) in [6.45, 7) is 3.63. The number of nitrogens with one attached hydrogen (secondary N) is 1. The third-order valence-corrected chi connectivity index (χ3v) is 3.59. The lowest BCUT2D eigenvalue weighted by atomic mass is 9.92. The van der Waals surface area contributed by atoms with E-state index in [-0.39, 0.29) is 12.1 Å². The highest BCUT2D eigenvalue weighted by Gasteiger charge is 2.45. The van der Waals surface area contributed by atoms with Gasteiger partial charge in [0.15, 0.2) is 0 Å².